The number of amides is 1. The quantitative estimate of drug-likeness (QED) is 0.499. The van der Waals surface area contributed by atoms with E-state index in [1.54, 1.807) is 0 Å². The van der Waals surface area contributed by atoms with E-state index in [1.807, 2.05) is 6.92 Å². The first-order valence-electron chi connectivity index (χ1n) is 6.06. The number of rotatable bonds is 7. The molecule has 0 unspecified atom stereocenters. The van der Waals surface area contributed by atoms with Crippen molar-refractivity contribution in [2.45, 2.75) is 26.2 Å². The lowest BCUT2D eigenvalue weighted by Gasteiger charge is -2.14. The van der Waals surface area contributed by atoms with Crippen molar-refractivity contribution in [2.75, 3.05) is 32.8 Å². The van der Waals surface area contributed by atoms with E-state index in [9.17, 15) is 4.79 Å². The summed E-state index contributed by atoms with van der Waals surface area (Å²) in [6, 6.07) is 0. The van der Waals surface area contributed by atoms with Crippen molar-refractivity contribution in [2.24, 2.45) is 0 Å². The molecule has 1 heterocycles. The Balaban J connectivity index is 1.98. The molecule has 0 spiro atoms. The summed E-state index contributed by atoms with van der Waals surface area (Å²) in [6.45, 7) is 5.96. The second kappa shape index (κ2) is 8.30. The summed E-state index contributed by atoms with van der Waals surface area (Å²) in [5, 5.41) is 6.11. The monoisotopic (exact) mass is 226 g/mol. The van der Waals surface area contributed by atoms with Crippen LogP contribution in [0.3, 0.4) is 0 Å². The van der Waals surface area contributed by atoms with E-state index in [0.29, 0.717) is 6.42 Å². The zero-order valence-corrected chi connectivity index (χ0v) is 10.1. The van der Waals surface area contributed by atoms with Gasteiger partial charge in [-0.25, -0.2) is 0 Å². The number of hydrogen-bond donors (Lipinski definition) is 2. The van der Waals surface area contributed by atoms with Crippen LogP contribution >= 0.6 is 0 Å². The van der Waals surface area contributed by atoms with E-state index in [1.165, 1.54) is 5.57 Å². The Kier molecular flexibility index (Phi) is 6.85. The number of carbonyl (C=O) groups is 1. The zero-order chi connectivity index (χ0) is 11.6. The van der Waals surface area contributed by atoms with Gasteiger partial charge in [0, 0.05) is 26.1 Å². The summed E-state index contributed by atoms with van der Waals surface area (Å²) in [5.41, 5.74) is 1.29. The standard InChI is InChI=1S/C12H22N2O2/c1-2-6-14-12(15)5-7-13-9-11-4-3-8-16-10-11/h4,13H,2-3,5-10H2,1H3,(H,14,15). The number of carbonyl (C=O) groups excluding carboxylic acids is 1. The highest BCUT2D eigenvalue weighted by atomic mass is 16.5. The summed E-state index contributed by atoms with van der Waals surface area (Å²) < 4.78 is 5.33. The van der Waals surface area contributed by atoms with Gasteiger partial charge in [0.2, 0.25) is 5.91 Å². The average molecular weight is 226 g/mol. The first kappa shape index (κ1) is 13.2. The molecular weight excluding hydrogens is 204 g/mol. The molecule has 0 bridgehead atoms. The lowest BCUT2D eigenvalue weighted by Crippen LogP contribution is -2.29. The first-order chi connectivity index (χ1) is 7.83. The van der Waals surface area contributed by atoms with Gasteiger partial charge in [-0.05, 0) is 18.4 Å². The maximum Gasteiger partial charge on any atom is 0.221 e. The Hall–Kier alpha value is -0.870. The second-order valence-corrected chi connectivity index (χ2v) is 3.98. The fraction of sp³-hybridized carbons (Fsp3) is 0.750. The van der Waals surface area contributed by atoms with Crippen molar-refractivity contribution in [3.05, 3.63) is 11.6 Å². The molecule has 92 valence electrons. The molecule has 16 heavy (non-hydrogen) atoms. The van der Waals surface area contributed by atoms with Gasteiger partial charge < -0.3 is 15.4 Å². The first-order valence-corrected chi connectivity index (χ1v) is 6.06. The van der Waals surface area contributed by atoms with Crippen molar-refractivity contribution >= 4 is 5.91 Å². The molecule has 4 nitrogen and oxygen atoms in total. The Bertz CT molecular complexity index is 239. The van der Waals surface area contributed by atoms with E-state index in [-0.39, 0.29) is 5.91 Å². The van der Waals surface area contributed by atoms with E-state index in [2.05, 4.69) is 16.7 Å². The molecule has 1 amide bonds. The molecule has 0 aromatic rings. The third-order valence-electron chi connectivity index (χ3n) is 2.44. The van der Waals surface area contributed by atoms with Crippen molar-refractivity contribution in [1.82, 2.24) is 10.6 Å². The fourth-order valence-electron chi connectivity index (χ4n) is 1.54. The molecule has 0 saturated carbocycles. The summed E-state index contributed by atoms with van der Waals surface area (Å²) >= 11 is 0. The van der Waals surface area contributed by atoms with Crippen LogP contribution < -0.4 is 10.6 Å². The normalized spacial score (nSPS) is 15.7. The third-order valence-corrected chi connectivity index (χ3v) is 2.44. The average Bonchev–Trinajstić information content (AvgIpc) is 2.33. The molecular formula is C12H22N2O2. The third kappa shape index (κ3) is 5.88. The van der Waals surface area contributed by atoms with Crippen LogP contribution in [-0.4, -0.2) is 38.8 Å². The summed E-state index contributed by atoms with van der Waals surface area (Å²) in [6.07, 6.45) is 4.76. The molecule has 1 aliphatic heterocycles. The van der Waals surface area contributed by atoms with E-state index >= 15 is 0 Å². The maximum absolute atomic E-state index is 11.3. The zero-order valence-electron chi connectivity index (χ0n) is 10.1. The van der Waals surface area contributed by atoms with Crippen LogP contribution in [0.25, 0.3) is 0 Å². The van der Waals surface area contributed by atoms with Gasteiger partial charge in [0.05, 0.1) is 13.2 Å². The molecule has 0 aromatic heterocycles. The Morgan fingerprint density at radius 1 is 1.50 bits per heavy atom. The van der Waals surface area contributed by atoms with Crippen LogP contribution in [-0.2, 0) is 9.53 Å². The van der Waals surface area contributed by atoms with Gasteiger partial charge in [-0.15, -0.1) is 0 Å². The highest BCUT2D eigenvalue weighted by Crippen LogP contribution is 2.03. The van der Waals surface area contributed by atoms with Gasteiger partial charge in [-0.3, -0.25) is 4.79 Å². The van der Waals surface area contributed by atoms with Crippen LogP contribution in [0.15, 0.2) is 11.6 Å². The van der Waals surface area contributed by atoms with Crippen LogP contribution in [0.2, 0.25) is 0 Å². The van der Waals surface area contributed by atoms with Crippen molar-refractivity contribution in [3.8, 4) is 0 Å². The Morgan fingerprint density at radius 3 is 3.06 bits per heavy atom. The molecule has 0 aliphatic carbocycles. The number of hydrogen-bond acceptors (Lipinski definition) is 3. The molecule has 0 radical (unpaired) electrons. The van der Waals surface area contributed by atoms with Crippen molar-refractivity contribution < 1.29 is 9.53 Å². The maximum atomic E-state index is 11.3. The highest BCUT2D eigenvalue weighted by Gasteiger charge is 2.03. The van der Waals surface area contributed by atoms with Gasteiger partial charge >= 0.3 is 0 Å². The number of nitrogens with one attached hydrogen (secondary N) is 2. The second-order valence-electron chi connectivity index (χ2n) is 3.98. The smallest absolute Gasteiger partial charge is 0.221 e. The van der Waals surface area contributed by atoms with Crippen LogP contribution in [0, 0.1) is 0 Å². The predicted molar refractivity (Wildman–Crippen MR) is 64.3 cm³/mol. The highest BCUT2D eigenvalue weighted by molar-refractivity contribution is 5.75. The SMILES string of the molecule is CCCNC(=O)CCNCC1=CCCOC1. The molecule has 1 rings (SSSR count). The number of ether oxygens (including phenoxy) is 1. The van der Waals surface area contributed by atoms with Crippen LogP contribution in [0.5, 0.6) is 0 Å². The largest absolute Gasteiger partial charge is 0.377 e. The Morgan fingerprint density at radius 2 is 2.38 bits per heavy atom. The van der Waals surface area contributed by atoms with E-state index in [4.69, 9.17) is 4.74 Å². The molecule has 0 saturated heterocycles. The minimum Gasteiger partial charge on any atom is -0.377 e. The summed E-state index contributed by atoms with van der Waals surface area (Å²) in [5.74, 6) is 0.128. The lowest BCUT2D eigenvalue weighted by atomic mass is 10.2. The van der Waals surface area contributed by atoms with Crippen molar-refractivity contribution in [1.29, 1.82) is 0 Å². The minimum absolute atomic E-state index is 0.128. The van der Waals surface area contributed by atoms with Gasteiger partial charge in [0.1, 0.15) is 0 Å². The van der Waals surface area contributed by atoms with E-state index < -0.39 is 0 Å². The Labute approximate surface area is 97.4 Å². The molecule has 0 aromatic carbocycles. The predicted octanol–water partition coefficient (Wildman–Crippen LogP) is 0.839. The molecule has 4 heteroatoms. The van der Waals surface area contributed by atoms with Crippen LogP contribution in [0.1, 0.15) is 26.2 Å². The molecule has 0 atom stereocenters. The van der Waals surface area contributed by atoms with Gasteiger partial charge in [-0.2, -0.15) is 0 Å². The molecule has 0 fully saturated rings. The lowest BCUT2D eigenvalue weighted by molar-refractivity contribution is -0.120. The van der Waals surface area contributed by atoms with E-state index in [0.717, 1.165) is 45.7 Å². The van der Waals surface area contributed by atoms with Crippen molar-refractivity contribution in [3.63, 3.8) is 0 Å². The molecule has 2 N–H and O–H groups in total. The minimum atomic E-state index is 0.128. The summed E-state index contributed by atoms with van der Waals surface area (Å²) in [4.78, 5) is 11.3. The fourth-order valence-corrected chi connectivity index (χ4v) is 1.54. The van der Waals surface area contributed by atoms with Gasteiger partial charge in [-0.1, -0.05) is 13.0 Å². The van der Waals surface area contributed by atoms with Gasteiger partial charge in [0.25, 0.3) is 0 Å². The molecule has 1 aliphatic rings. The summed E-state index contributed by atoms with van der Waals surface area (Å²) in [7, 11) is 0. The van der Waals surface area contributed by atoms with Gasteiger partial charge in [0.15, 0.2) is 0 Å². The topological polar surface area (TPSA) is 50.4 Å². The van der Waals surface area contributed by atoms with Crippen LogP contribution in [0.4, 0.5) is 0 Å².